The number of carbonyl (C=O) groups is 1. The van der Waals surface area contributed by atoms with Crippen molar-refractivity contribution in [3.8, 4) is 5.75 Å². The van der Waals surface area contributed by atoms with Crippen LogP contribution >= 0.6 is 0 Å². The Morgan fingerprint density at radius 2 is 2.22 bits per heavy atom. The van der Waals surface area contributed by atoms with Crippen molar-refractivity contribution < 1.29 is 14.6 Å². The molecule has 1 aromatic rings. The summed E-state index contributed by atoms with van der Waals surface area (Å²) in [6.07, 6.45) is 1.17. The smallest absolute Gasteiger partial charge is 0.305 e. The second kappa shape index (κ2) is 7.71. The molecule has 0 aliphatic heterocycles. The molecule has 1 rings (SSSR count). The number of ether oxygens (including phenoxy) is 1. The first kappa shape index (κ1) is 14.5. The molecule has 100 valence electrons. The van der Waals surface area contributed by atoms with Crippen molar-refractivity contribution in [2.45, 2.75) is 33.2 Å². The van der Waals surface area contributed by atoms with Gasteiger partial charge in [0.2, 0.25) is 0 Å². The van der Waals surface area contributed by atoms with Crippen LogP contribution < -0.4 is 5.32 Å². The summed E-state index contributed by atoms with van der Waals surface area (Å²) in [5, 5.41) is 12.8. The highest BCUT2D eigenvalue weighted by Gasteiger charge is 2.02. The topological polar surface area (TPSA) is 58.6 Å². The second-order valence-electron chi connectivity index (χ2n) is 4.22. The van der Waals surface area contributed by atoms with Gasteiger partial charge in [-0.2, -0.15) is 0 Å². The van der Waals surface area contributed by atoms with E-state index in [9.17, 15) is 9.90 Å². The number of esters is 1. The normalized spacial score (nSPS) is 10.3. The largest absolute Gasteiger partial charge is 0.508 e. The van der Waals surface area contributed by atoms with Gasteiger partial charge in [0.1, 0.15) is 5.75 Å². The van der Waals surface area contributed by atoms with Gasteiger partial charge in [0, 0.05) is 18.5 Å². The standard InChI is InChI=1S/C14H21NO3/c1-3-18-14(17)5-4-8-15-10-12-9-11(2)6-7-13(12)16/h6-7,9,15-16H,3-5,8,10H2,1-2H3. The zero-order valence-corrected chi connectivity index (χ0v) is 11.0. The third-order valence-corrected chi connectivity index (χ3v) is 2.59. The Hall–Kier alpha value is -1.55. The van der Waals surface area contributed by atoms with Gasteiger partial charge in [-0.25, -0.2) is 0 Å². The summed E-state index contributed by atoms with van der Waals surface area (Å²) in [4.78, 5) is 11.1. The SMILES string of the molecule is CCOC(=O)CCCNCc1cc(C)ccc1O. The molecule has 0 spiro atoms. The summed E-state index contributed by atoms with van der Waals surface area (Å²) in [7, 11) is 0. The van der Waals surface area contributed by atoms with Gasteiger partial charge < -0.3 is 15.2 Å². The molecule has 0 bridgehead atoms. The van der Waals surface area contributed by atoms with Crippen LogP contribution in [0.5, 0.6) is 5.75 Å². The fourth-order valence-electron chi connectivity index (χ4n) is 1.67. The number of hydrogen-bond acceptors (Lipinski definition) is 4. The molecule has 0 aliphatic rings. The third-order valence-electron chi connectivity index (χ3n) is 2.59. The summed E-state index contributed by atoms with van der Waals surface area (Å²) in [5.74, 6) is 0.149. The molecule has 0 atom stereocenters. The van der Waals surface area contributed by atoms with Crippen molar-refractivity contribution >= 4 is 5.97 Å². The fraction of sp³-hybridized carbons (Fsp3) is 0.500. The number of phenolic OH excluding ortho intramolecular Hbond substituents is 1. The maximum atomic E-state index is 11.1. The molecule has 2 N–H and O–H groups in total. The first-order valence-corrected chi connectivity index (χ1v) is 6.28. The fourth-order valence-corrected chi connectivity index (χ4v) is 1.67. The van der Waals surface area contributed by atoms with Crippen molar-refractivity contribution in [2.75, 3.05) is 13.2 Å². The van der Waals surface area contributed by atoms with Gasteiger partial charge in [-0.3, -0.25) is 4.79 Å². The summed E-state index contributed by atoms with van der Waals surface area (Å²) in [6, 6.07) is 5.53. The lowest BCUT2D eigenvalue weighted by molar-refractivity contribution is -0.143. The molecule has 18 heavy (non-hydrogen) atoms. The first-order chi connectivity index (χ1) is 8.63. The van der Waals surface area contributed by atoms with Gasteiger partial charge in [0.15, 0.2) is 0 Å². The van der Waals surface area contributed by atoms with E-state index in [4.69, 9.17) is 4.74 Å². The molecular weight excluding hydrogens is 230 g/mol. The van der Waals surface area contributed by atoms with E-state index >= 15 is 0 Å². The van der Waals surface area contributed by atoms with E-state index < -0.39 is 0 Å². The van der Waals surface area contributed by atoms with E-state index in [1.165, 1.54) is 0 Å². The molecule has 0 heterocycles. The molecule has 0 aromatic heterocycles. The molecule has 1 aromatic carbocycles. The van der Waals surface area contributed by atoms with Crippen LogP contribution in [0.25, 0.3) is 0 Å². The van der Waals surface area contributed by atoms with Gasteiger partial charge in [-0.1, -0.05) is 17.7 Å². The highest BCUT2D eigenvalue weighted by Crippen LogP contribution is 2.17. The highest BCUT2D eigenvalue weighted by molar-refractivity contribution is 5.69. The summed E-state index contributed by atoms with van der Waals surface area (Å²) in [5.41, 5.74) is 2.00. The van der Waals surface area contributed by atoms with Gasteiger partial charge in [0.05, 0.1) is 6.61 Å². The minimum absolute atomic E-state index is 0.155. The van der Waals surface area contributed by atoms with Gasteiger partial charge in [0.25, 0.3) is 0 Å². The molecule has 0 saturated heterocycles. The Labute approximate surface area is 108 Å². The van der Waals surface area contributed by atoms with Crippen LogP contribution in [0.1, 0.15) is 30.9 Å². The van der Waals surface area contributed by atoms with Crippen LogP contribution in [0.4, 0.5) is 0 Å². The van der Waals surface area contributed by atoms with E-state index in [0.717, 1.165) is 24.1 Å². The average Bonchev–Trinajstić information content (AvgIpc) is 2.33. The van der Waals surface area contributed by atoms with Gasteiger partial charge >= 0.3 is 5.97 Å². The number of hydrogen-bond donors (Lipinski definition) is 2. The number of rotatable bonds is 7. The van der Waals surface area contributed by atoms with Crippen LogP contribution in [0, 0.1) is 6.92 Å². The van der Waals surface area contributed by atoms with Crippen LogP contribution in [-0.2, 0) is 16.1 Å². The van der Waals surface area contributed by atoms with Crippen LogP contribution in [-0.4, -0.2) is 24.2 Å². The maximum Gasteiger partial charge on any atom is 0.305 e. The number of aryl methyl sites for hydroxylation is 1. The maximum absolute atomic E-state index is 11.1. The monoisotopic (exact) mass is 251 g/mol. The second-order valence-corrected chi connectivity index (χ2v) is 4.22. The number of aromatic hydroxyl groups is 1. The quantitative estimate of drug-likeness (QED) is 0.576. The first-order valence-electron chi connectivity index (χ1n) is 6.28. The Balaban J connectivity index is 2.21. The number of nitrogens with one attached hydrogen (secondary N) is 1. The molecule has 0 amide bonds. The lowest BCUT2D eigenvalue weighted by Crippen LogP contribution is -2.16. The predicted octanol–water partition coefficient (Wildman–Crippen LogP) is 2.13. The molecule has 0 fully saturated rings. The lowest BCUT2D eigenvalue weighted by atomic mass is 10.1. The summed E-state index contributed by atoms with van der Waals surface area (Å²) >= 11 is 0. The zero-order chi connectivity index (χ0) is 13.4. The zero-order valence-electron chi connectivity index (χ0n) is 11.0. The molecule has 0 radical (unpaired) electrons. The minimum atomic E-state index is -0.155. The van der Waals surface area contributed by atoms with Crippen molar-refractivity contribution in [3.63, 3.8) is 0 Å². The number of benzene rings is 1. The van der Waals surface area contributed by atoms with Crippen LogP contribution in [0.15, 0.2) is 18.2 Å². The van der Waals surface area contributed by atoms with E-state index in [1.54, 1.807) is 13.0 Å². The average molecular weight is 251 g/mol. The lowest BCUT2D eigenvalue weighted by Gasteiger charge is -2.07. The van der Waals surface area contributed by atoms with Crippen LogP contribution in [0.3, 0.4) is 0 Å². The van der Waals surface area contributed by atoms with Crippen LogP contribution in [0.2, 0.25) is 0 Å². The third kappa shape index (κ3) is 5.19. The summed E-state index contributed by atoms with van der Waals surface area (Å²) < 4.78 is 4.83. The molecular formula is C14H21NO3. The Bertz CT molecular complexity index is 391. The van der Waals surface area contributed by atoms with Gasteiger partial charge in [-0.05, 0) is 32.9 Å². The Morgan fingerprint density at radius 3 is 2.94 bits per heavy atom. The highest BCUT2D eigenvalue weighted by atomic mass is 16.5. The molecule has 4 heteroatoms. The molecule has 0 aliphatic carbocycles. The Kier molecular flexibility index (Phi) is 6.22. The van der Waals surface area contributed by atoms with E-state index in [2.05, 4.69) is 5.32 Å². The molecule has 0 saturated carbocycles. The predicted molar refractivity (Wildman–Crippen MR) is 70.4 cm³/mol. The van der Waals surface area contributed by atoms with Crippen molar-refractivity contribution in [1.82, 2.24) is 5.32 Å². The van der Waals surface area contributed by atoms with E-state index in [0.29, 0.717) is 25.3 Å². The van der Waals surface area contributed by atoms with Crippen molar-refractivity contribution in [3.05, 3.63) is 29.3 Å². The summed E-state index contributed by atoms with van der Waals surface area (Å²) in [6.45, 7) is 5.56. The number of carbonyl (C=O) groups excluding carboxylic acids is 1. The minimum Gasteiger partial charge on any atom is -0.508 e. The van der Waals surface area contributed by atoms with Crippen molar-refractivity contribution in [2.24, 2.45) is 0 Å². The number of phenols is 1. The van der Waals surface area contributed by atoms with E-state index in [1.807, 2.05) is 19.1 Å². The van der Waals surface area contributed by atoms with Gasteiger partial charge in [-0.15, -0.1) is 0 Å². The van der Waals surface area contributed by atoms with E-state index in [-0.39, 0.29) is 5.97 Å². The molecule has 0 unspecified atom stereocenters. The molecule has 4 nitrogen and oxygen atoms in total. The Morgan fingerprint density at radius 1 is 1.44 bits per heavy atom. The van der Waals surface area contributed by atoms with Crippen molar-refractivity contribution in [1.29, 1.82) is 0 Å².